The average Bonchev–Trinajstić information content (AvgIpc) is 3.11. The lowest BCUT2D eigenvalue weighted by Crippen LogP contribution is -2.28. The number of hydrogen-bond donors (Lipinski definition) is 0. The standard InChI is InChI=1S/C18H19FN4/c1-22-10-4-7-14(22)12-17-21-16-8-3-9-20-18(16)23(17)15-6-2-5-13(19)11-15/h2-3,5-6,8-9,11,14H,4,7,10,12H2,1H3. The van der Waals surface area contributed by atoms with Crippen molar-refractivity contribution >= 4 is 11.2 Å². The van der Waals surface area contributed by atoms with Gasteiger partial charge >= 0.3 is 0 Å². The molecular formula is C18H19FN4. The summed E-state index contributed by atoms with van der Waals surface area (Å²) in [5.41, 5.74) is 2.42. The maximum absolute atomic E-state index is 13.7. The van der Waals surface area contributed by atoms with Crippen molar-refractivity contribution in [1.29, 1.82) is 0 Å². The lowest BCUT2D eigenvalue weighted by atomic mass is 10.1. The summed E-state index contributed by atoms with van der Waals surface area (Å²) in [4.78, 5) is 11.6. The van der Waals surface area contributed by atoms with E-state index in [0.717, 1.165) is 35.6 Å². The van der Waals surface area contributed by atoms with E-state index in [1.54, 1.807) is 12.3 Å². The van der Waals surface area contributed by atoms with Gasteiger partial charge in [-0.3, -0.25) is 4.57 Å². The molecular weight excluding hydrogens is 291 g/mol. The molecule has 1 aromatic carbocycles. The number of likely N-dealkylation sites (N-methyl/N-ethyl adjacent to an activating group) is 1. The van der Waals surface area contributed by atoms with Gasteiger partial charge in [-0.05, 0) is 56.8 Å². The minimum absolute atomic E-state index is 0.246. The van der Waals surface area contributed by atoms with Crippen LogP contribution in [0.3, 0.4) is 0 Å². The number of nitrogens with zero attached hydrogens (tertiary/aromatic N) is 4. The third kappa shape index (κ3) is 2.61. The van der Waals surface area contributed by atoms with E-state index in [1.165, 1.54) is 25.0 Å². The van der Waals surface area contributed by atoms with Crippen LogP contribution < -0.4 is 0 Å². The van der Waals surface area contributed by atoms with Crippen LogP contribution in [-0.4, -0.2) is 39.1 Å². The summed E-state index contributed by atoms with van der Waals surface area (Å²) in [7, 11) is 2.16. The fraction of sp³-hybridized carbons (Fsp3) is 0.333. The average molecular weight is 310 g/mol. The molecule has 0 N–H and O–H groups in total. The first kappa shape index (κ1) is 14.3. The molecule has 2 aromatic heterocycles. The SMILES string of the molecule is CN1CCCC1Cc1nc2cccnc2n1-c1cccc(F)c1. The number of pyridine rings is 1. The number of aromatic nitrogens is 3. The van der Waals surface area contributed by atoms with Gasteiger partial charge < -0.3 is 4.90 Å². The molecule has 23 heavy (non-hydrogen) atoms. The fourth-order valence-electron chi connectivity index (χ4n) is 3.43. The molecule has 3 aromatic rings. The first-order valence-electron chi connectivity index (χ1n) is 8.01. The summed E-state index contributed by atoms with van der Waals surface area (Å²) >= 11 is 0. The highest BCUT2D eigenvalue weighted by Crippen LogP contribution is 2.24. The summed E-state index contributed by atoms with van der Waals surface area (Å²) in [5, 5.41) is 0. The molecule has 0 bridgehead atoms. The highest BCUT2D eigenvalue weighted by atomic mass is 19.1. The predicted molar refractivity (Wildman–Crippen MR) is 88.2 cm³/mol. The second-order valence-electron chi connectivity index (χ2n) is 6.17. The minimum Gasteiger partial charge on any atom is -0.303 e. The summed E-state index contributed by atoms with van der Waals surface area (Å²) in [6.07, 6.45) is 5.00. The highest BCUT2D eigenvalue weighted by Gasteiger charge is 2.24. The number of likely N-dealkylation sites (tertiary alicyclic amines) is 1. The van der Waals surface area contributed by atoms with Crippen molar-refractivity contribution in [2.75, 3.05) is 13.6 Å². The zero-order chi connectivity index (χ0) is 15.8. The topological polar surface area (TPSA) is 34.0 Å². The van der Waals surface area contributed by atoms with Gasteiger partial charge in [0.1, 0.15) is 17.2 Å². The number of benzene rings is 1. The molecule has 0 saturated carbocycles. The lowest BCUT2D eigenvalue weighted by molar-refractivity contribution is 0.305. The first-order chi connectivity index (χ1) is 11.2. The van der Waals surface area contributed by atoms with E-state index < -0.39 is 0 Å². The fourth-order valence-corrected chi connectivity index (χ4v) is 3.43. The molecule has 5 heteroatoms. The third-order valence-corrected chi connectivity index (χ3v) is 4.64. The molecule has 1 fully saturated rings. The normalized spacial score (nSPS) is 18.8. The Hall–Kier alpha value is -2.27. The summed E-state index contributed by atoms with van der Waals surface area (Å²) in [6, 6.07) is 11.0. The van der Waals surface area contributed by atoms with Crippen LogP contribution in [0.2, 0.25) is 0 Å². The van der Waals surface area contributed by atoms with Gasteiger partial charge in [0.15, 0.2) is 5.65 Å². The van der Waals surface area contributed by atoms with E-state index in [2.05, 4.69) is 16.9 Å². The Morgan fingerprint density at radius 2 is 2.17 bits per heavy atom. The second kappa shape index (κ2) is 5.74. The molecule has 0 radical (unpaired) electrons. The van der Waals surface area contributed by atoms with Crippen LogP contribution >= 0.6 is 0 Å². The van der Waals surface area contributed by atoms with Crippen molar-refractivity contribution in [3.05, 3.63) is 54.2 Å². The van der Waals surface area contributed by atoms with Crippen molar-refractivity contribution in [1.82, 2.24) is 19.4 Å². The van der Waals surface area contributed by atoms with Crippen LogP contribution in [0.25, 0.3) is 16.9 Å². The molecule has 3 heterocycles. The van der Waals surface area contributed by atoms with Gasteiger partial charge in [-0.2, -0.15) is 0 Å². The lowest BCUT2D eigenvalue weighted by Gasteiger charge is -2.19. The number of hydrogen-bond acceptors (Lipinski definition) is 3. The van der Waals surface area contributed by atoms with Gasteiger partial charge in [0.25, 0.3) is 0 Å². The Balaban J connectivity index is 1.84. The van der Waals surface area contributed by atoms with E-state index in [1.807, 2.05) is 22.8 Å². The molecule has 1 saturated heterocycles. The van der Waals surface area contributed by atoms with Gasteiger partial charge in [0.05, 0.1) is 5.69 Å². The smallest absolute Gasteiger partial charge is 0.164 e. The van der Waals surface area contributed by atoms with E-state index >= 15 is 0 Å². The van der Waals surface area contributed by atoms with Crippen molar-refractivity contribution in [2.45, 2.75) is 25.3 Å². The Bertz CT molecular complexity index is 842. The highest BCUT2D eigenvalue weighted by molar-refractivity contribution is 5.73. The van der Waals surface area contributed by atoms with Crippen LogP contribution in [0, 0.1) is 5.82 Å². The van der Waals surface area contributed by atoms with Gasteiger partial charge in [0, 0.05) is 18.7 Å². The van der Waals surface area contributed by atoms with Crippen LogP contribution in [-0.2, 0) is 6.42 Å². The third-order valence-electron chi connectivity index (χ3n) is 4.64. The summed E-state index contributed by atoms with van der Waals surface area (Å²) in [6.45, 7) is 1.13. The zero-order valence-electron chi connectivity index (χ0n) is 13.1. The summed E-state index contributed by atoms with van der Waals surface area (Å²) in [5.74, 6) is 0.701. The largest absolute Gasteiger partial charge is 0.303 e. The maximum Gasteiger partial charge on any atom is 0.164 e. The molecule has 1 unspecified atom stereocenters. The molecule has 4 rings (SSSR count). The van der Waals surface area contributed by atoms with E-state index in [-0.39, 0.29) is 5.82 Å². The van der Waals surface area contributed by atoms with Gasteiger partial charge in [-0.1, -0.05) is 6.07 Å². The molecule has 118 valence electrons. The van der Waals surface area contributed by atoms with E-state index in [9.17, 15) is 4.39 Å². The van der Waals surface area contributed by atoms with Gasteiger partial charge in [-0.15, -0.1) is 0 Å². The van der Waals surface area contributed by atoms with Crippen molar-refractivity contribution in [3.63, 3.8) is 0 Å². The van der Waals surface area contributed by atoms with Crippen molar-refractivity contribution in [2.24, 2.45) is 0 Å². The number of fused-ring (bicyclic) bond motifs is 1. The number of rotatable bonds is 3. The molecule has 1 aliphatic rings. The Morgan fingerprint density at radius 1 is 1.26 bits per heavy atom. The van der Waals surface area contributed by atoms with Crippen LogP contribution in [0.5, 0.6) is 0 Å². The van der Waals surface area contributed by atoms with Crippen molar-refractivity contribution < 1.29 is 4.39 Å². The minimum atomic E-state index is -0.246. The first-order valence-corrected chi connectivity index (χ1v) is 8.01. The van der Waals surface area contributed by atoms with Gasteiger partial charge in [-0.25, -0.2) is 14.4 Å². The number of halogens is 1. The monoisotopic (exact) mass is 310 g/mol. The zero-order valence-corrected chi connectivity index (χ0v) is 13.1. The molecule has 0 spiro atoms. The van der Waals surface area contributed by atoms with Gasteiger partial charge in [0.2, 0.25) is 0 Å². The molecule has 0 aliphatic carbocycles. The molecule has 0 amide bonds. The molecule has 1 atom stereocenters. The Kier molecular flexibility index (Phi) is 3.58. The van der Waals surface area contributed by atoms with Crippen LogP contribution in [0.15, 0.2) is 42.6 Å². The van der Waals surface area contributed by atoms with Crippen LogP contribution in [0.4, 0.5) is 4.39 Å². The summed E-state index contributed by atoms with van der Waals surface area (Å²) < 4.78 is 15.7. The van der Waals surface area contributed by atoms with Crippen molar-refractivity contribution in [3.8, 4) is 5.69 Å². The molecule has 4 nitrogen and oxygen atoms in total. The second-order valence-corrected chi connectivity index (χ2v) is 6.17. The number of imidazole rings is 1. The van der Waals surface area contributed by atoms with Crippen LogP contribution in [0.1, 0.15) is 18.7 Å². The predicted octanol–water partition coefficient (Wildman–Crippen LogP) is 3.20. The Morgan fingerprint density at radius 3 is 2.96 bits per heavy atom. The van der Waals surface area contributed by atoms with E-state index in [4.69, 9.17) is 4.98 Å². The van der Waals surface area contributed by atoms with E-state index in [0.29, 0.717) is 6.04 Å². The maximum atomic E-state index is 13.7. The molecule has 1 aliphatic heterocycles. The quantitative estimate of drug-likeness (QED) is 0.745. The Labute approximate surface area is 134 Å².